The largest absolute Gasteiger partial charge is 0.337 e. The molecule has 0 spiro atoms. The third-order valence-corrected chi connectivity index (χ3v) is 1.98. The number of hydrazine groups is 1. The predicted octanol–water partition coefficient (Wildman–Crippen LogP) is 0.860. The highest BCUT2D eigenvalue weighted by atomic mass is 15.2. The van der Waals surface area contributed by atoms with Crippen molar-refractivity contribution < 1.29 is 0 Å². The van der Waals surface area contributed by atoms with Gasteiger partial charge in [-0.3, -0.25) is 11.3 Å². The van der Waals surface area contributed by atoms with E-state index in [4.69, 9.17) is 5.84 Å². The van der Waals surface area contributed by atoms with Crippen molar-refractivity contribution in [1.82, 2.24) is 15.0 Å². The molecule has 1 aromatic rings. The predicted molar refractivity (Wildman–Crippen MR) is 53.1 cm³/mol. The van der Waals surface area contributed by atoms with Crippen LogP contribution in [0.1, 0.15) is 31.9 Å². The fourth-order valence-corrected chi connectivity index (χ4v) is 1.16. The number of aryl methyl sites for hydroxylation is 1. The Kier molecular flexibility index (Phi) is 3.92. The molecule has 0 aliphatic heterocycles. The maximum Gasteiger partial charge on any atom is 0.0949 e. The zero-order valence-corrected chi connectivity index (χ0v) is 8.33. The Bertz CT molecular complexity index is 242. The fourth-order valence-electron chi connectivity index (χ4n) is 1.16. The summed E-state index contributed by atoms with van der Waals surface area (Å²) in [5.74, 6) is 5.68. The standard InChI is InChI=1S/C9H18N4/c1-8(2)9-6-13(7-11-9)5-3-4-12-10/h6-8,12H,3-5,10H2,1-2H3. The second-order valence-electron chi connectivity index (χ2n) is 3.50. The van der Waals surface area contributed by atoms with Gasteiger partial charge in [-0.1, -0.05) is 13.8 Å². The van der Waals surface area contributed by atoms with Crippen molar-refractivity contribution in [3.63, 3.8) is 0 Å². The van der Waals surface area contributed by atoms with E-state index in [9.17, 15) is 0 Å². The van der Waals surface area contributed by atoms with Crippen LogP contribution in [0.5, 0.6) is 0 Å². The van der Waals surface area contributed by atoms with Crippen molar-refractivity contribution in [2.24, 2.45) is 5.84 Å². The molecule has 1 rings (SSSR count). The summed E-state index contributed by atoms with van der Waals surface area (Å²) in [6, 6.07) is 0. The normalized spacial score (nSPS) is 11.1. The van der Waals surface area contributed by atoms with Gasteiger partial charge in [0.2, 0.25) is 0 Å². The number of nitrogens with zero attached hydrogens (tertiary/aromatic N) is 2. The second-order valence-corrected chi connectivity index (χ2v) is 3.50. The fraction of sp³-hybridized carbons (Fsp3) is 0.667. The number of imidazole rings is 1. The monoisotopic (exact) mass is 182 g/mol. The minimum atomic E-state index is 0.508. The summed E-state index contributed by atoms with van der Waals surface area (Å²) in [6.45, 7) is 6.11. The molecule has 74 valence electrons. The van der Waals surface area contributed by atoms with E-state index in [0.717, 1.165) is 25.2 Å². The van der Waals surface area contributed by atoms with E-state index in [1.54, 1.807) is 0 Å². The van der Waals surface area contributed by atoms with Gasteiger partial charge in [-0.15, -0.1) is 0 Å². The summed E-state index contributed by atoms with van der Waals surface area (Å²) in [7, 11) is 0. The highest BCUT2D eigenvalue weighted by Crippen LogP contribution is 2.10. The summed E-state index contributed by atoms with van der Waals surface area (Å²) in [5, 5.41) is 0. The molecular weight excluding hydrogens is 164 g/mol. The molecule has 3 N–H and O–H groups in total. The number of rotatable bonds is 5. The van der Waals surface area contributed by atoms with Gasteiger partial charge in [-0.05, 0) is 12.3 Å². The smallest absolute Gasteiger partial charge is 0.0949 e. The van der Waals surface area contributed by atoms with Crippen LogP contribution in [0.15, 0.2) is 12.5 Å². The van der Waals surface area contributed by atoms with Gasteiger partial charge in [0.05, 0.1) is 12.0 Å². The molecule has 0 saturated carbocycles. The number of hydrogen-bond acceptors (Lipinski definition) is 3. The van der Waals surface area contributed by atoms with Crippen molar-refractivity contribution >= 4 is 0 Å². The zero-order chi connectivity index (χ0) is 9.68. The van der Waals surface area contributed by atoms with Gasteiger partial charge in [0.15, 0.2) is 0 Å². The van der Waals surface area contributed by atoms with Crippen LogP contribution >= 0.6 is 0 Å². The molecule has 4 heteroatoms. The Balaban J connectivity index is 2.40. The van der Waals surface area contributed by atoms with Gasteiger partial charge < -0.3 is 4.57 Å². The molecule has 0 fully saturated rings. The van der Waals surface area contributed by atoms with Crippen molar-refractivity contribution in [3.8, 4) is 0 Å². The van der Waals surface area contributed by atoms with Crippen molar-refractivity contribution in [2.45, 2.75) is 32.7 Å². The van der Waals surface area contributed by atoms with Crippen LogP contribution in [-0.4, -0.2) is 16.1 Å². The minimum absolute atomic E-state index is 0.508. The molecule has 0 amide bonds. The molecule has 0 aliphatic rings. The van der Waals surface area contributed by atoms with Gasteiger partial charge in [-0.2, -0.15) is 0 Å². The van der Waals surface area contributed by atoms with E-state index < -0.39 is 0 Å². The Labute approximate surface area is 79.1 Å². The van der Waals surface area contributed by atoms with E-state index in [1.807, 2.05) is 6.33 Å². The summed E-state index contributed by atoms with van der Waals surface area (Å²) >= 11 is 0. The van der Waals surface area contributed by atoms with Crippen molar-refractivity contribution in [2.75, 3.05) is 6.54 Å². The molecule has 0 aromatic carbocycles. The average Bonchev–Trinajstić information content (AvgIpc) is 2.53. The molecule has 0 unspecified atom stereocenters. The summed E-state index contributed by atoms with van der Waals surface area (Å²) in [5.41, 5.74) is 3.79. The molecular formula is C9H18N4. The lowest BCUT2D eigenvalue weighted by Gasteiger charge is -2.01. The van der Waals surface area contributed by atoms with E-state index in [0.29, 0.717) is 5.92 Å². The third kappa shape index (κ3) is 3.16. The van der Waals surface area contributed by atoms with E-state index in [-0.39, 0.29) is 0 Å². The Hall–Kier alpha value is -0.870. The third-order valence-electron chi connectivity index (χ3n) is 1.98. The molecule has 0 saturated heterocycles. The van der Waals surface area contributed by atoms with Crippen LogP contribution in [0.2, 0.25) is 0 Å². The van der Waals surface area contributed by atoms with Crippen LogP contribution in [0.25, 0.3) is 0 Å². The van der Waals surface area contributed by atoms with E-state index in [2.05, 4.69) is 35.0 Å². The maximum atomic E-state index is 5.17. The quantitative estimate of drug-likeness (QED) is 0.403. The summed E-state index contributed by atoms with van der Waals surface area (Å²) < 4.78 is 2.10. The first-order valence-electron chi connectivity index (χ1n) is 4.69. The first-order valence-corrected chi connectivity index (χ1v) is 4.69. The molecule has 0 radical (unpaired) electrons. The van der Waals surface area contributed by atoms with Crippen molar-refractivity contribution in [3.05, 3.63) is 18.2 Å². The maximum absolute atomic E-state index is 5.17. The van der Waals surface area contributed by atoms with E-state index >= 15 is 0 Å². The van der Waals surface area contributed by atoms with Gasteiger partial charge in [0.1, 0.15) is 0 Å². The van der Waals surface area contributed by atoms with Crippen LogP contribution in [0.4, 0.5) is 0 Å². The number of aromatic nitrogens is 2. The summed E-state index contributed by atoms with van der Waals surface area (Å²) in [6.07, 6.45) is 5.01. The van der Waals surface area contributed by atoms with Crippen LogP contribution in [-0.2, 0) is 6.54 Å². The minimum Gasteiger partial charge on any atom is -0.337 e. The Morgan fingerprint density at radius 2 is 2.38 bits per heavy atom. The van der Waals surface area contributed by atoms with Crippen LogP contribution in [0, 0.1) is 0 Å². The highest BCUT2D eigenvalue weighted by molar-refractivity contribution is 5.01. The van der Waals surface area contributed by atoms with Gasteiger partial charge in [-0.25, -0.2) is 4.98 Å². The highest BCUT2D eigenvalue weighted by Gasteiger charge is 2.01. The van der Waals surface area contributed by atoms with Crippen LogP contribution in [0.3, 0.4) is 0 Å². The number of nitrogens with one attached hydrogen (secondary N) is 1. The van der Waals surface area contributed by atoms with Gasteiger partial charge >= 0.3 is 0 Å². The summed E-state index contributed by atoms with van der Waals surface area (Å²) in [4.78, 5) is 4.31. The molecule has 1 aromatic heterocycles. The number of nitrogens with two attached hydrogens (primary N) is 1. The first-order chi connectivity index (χ1) is 6.24. The molecule has 0 atom stereocenters. The topological polar surface area (TPSA) is 55.9 Å². The molecule has 0 aliphatic carbocycles. The first kappa shape index (κ1) is 10.2. The van der Waals surface area contributed by atoms with Gasteiger partial charge in [0, 0.05) is 19.3 Å². The second kappa shape index (κ2) is 4.99. The molecule has 13 heavy (non-hydrogen) atoms. The van der Waals surface area contributed by atoms with Gasteiger partial charge in [0.25, 0.3) is 0 Å². The average molecular weight is 182 g/mol. The Morgan fingerprint density at radius 3 is 2.92 bits per heavy atom. The van der Waals surface area contributed by atoms with Crippen LogP contribution < -0.4 is 11.3 Å². The van der Waals surface area contributed by atoms with E-state index in [1.165, 1.54) is 0 Å². The molecule has 4 nitrogen and oxygen atoms in total. The number of hydrogen-bond donors (Lipinski definition) is 2. The van der Waals surface area contributed by atoms with Crippen molar-refractivity contribution in [1.29, 1.82) is 0 Å². The molecule has 1 heterocycles. The lowest BCUT2D eigenvalue weighted by molar-refractivity contribution is 0.593. The lowest BCUT2D eigenvalue weighted by atomic mass is 10.2. The SMILES string of the molecule is CC(C)c1cn(CCCNN)cn1. The lowest BCUT2D eigenvalue weighted by Crippen LogP contribution is -2.23. The molecule has 0 bridgehead atoms. The Morgan fingerprint density at radius 1 is 1.62 bits per heavy atom. The zero-order valence-electron chi connectivity index (χ0n) is 8.33.